The van der Waals surface area contributed by atoms with E-state index in [2.05, 4.69) is 51.6 Å². The Labute approximate surface area is 163 Å². The third kappa shape index (κ3) is 2.61. The van der Waals surface area contributed by atoms with Crippen molar-refractivity contribution in [2.24, 2.45) is 0 Å². The molecule has 0 fully saturated rings. The zero-order valence-corrected chi connectivity index (χ0v) is 15.8. The van der Waals surface area contributed by atoms with E-state index in [4.69, 9.17) is 11.6 Å². The van der Waals surface area contributed by atoms with Gasteiger partial charge in [0.05, 0.1) is 18.0 Å². The zero-order valence-electron chi connectivity index (χ0n) is 15.0. The lowest BCUT2D eigenvalue weighted by atomic mass is 9.98. The average molecular weight is 377 g/mol. The highest BCUT2D eigenvalue weighted by molar-refractivity contribution is 6.30. The Morgan fingerprint density at radius 3 is 2.44 bits per heavy atom. The van der Waals surface area contributed by atoms with Gasteiger partial charge in [-0.25, -0.2) is 0 Å². The summed E-state index contributed by atoms with van der Waals surface area (Å²) in [6.07, 6.45) is 5.53. The van der Waals surface area contributed by atoms with E-state index in [1.54, 1.807) is 0 Å². The van der Waals surface area contributed by atoms with Gasteiger partial charge >= 0.3 is 0 Å². The molecule has 136 valence electrons. The first-order valence-corrected chi connectivity index (χ1v) is 9.83. The van der Waals surface area contributed by atoms with Crippen LogP contribution < -0.4 is 0 Å². The summed E-state index contributed by atoms with van der Waals surface area (Å²) in [7, 11) is 0. The number of hydrogen-bond acceptors (Lipinski definition) is 1. The number of benzene rings is 2. The fourth-order valence-electron chi connectivity index (χ4n) is 4.40. The van der Waals surface area contributed by atoms with Crippen LogP contribution in [0.25, 0.3) is 28.0 Å². The first kappa shape index (κ1) is 16.7. The van der Waals surface area contributed by atoms with E-state index in [-0.39, 0.29) is 6.61 Å². The lowest BCUT2D eigenvalue weighted by molar-refractivity contribution is 0.276. The van der Waals surface area contributed by atoms with E-state index >= 15 is 0 Å². The van der Waals surface area contributed by atoms with Crippen LogP contribution in [0.1, 0.15) is 24.1 Å². The molecule has 2 aromatic carbocycles. The summed E-state index contributed by atoms with van der Waals surface area (Å²) in [6.45, 7) is 1.01. The molecule has 0 unspecified atom stereocenters. The number of aromatic nitrogens is 2. The Balaban J connectivity index is 1.82. The highest BCUT2D eigenvalue weighted by Crippen LogP contribution is 2.39. The van der Waals surface area contributed by atoms with Gasteiger partial charge in [-0.1, -0.05) is 54.1 Å². The van der Waals surface area contributed by atoms with Crippen molar-refractivity contribution in [3.8, 4) is 22.4 Å². The minimum Gasteiger partial charge on any atom is -0.390 e. The molecule has 0 atom stereocenters. The molecule has 0 spiro atoms. The molecule has 27 heavy (non-hydrogen) atoms. The zero-order chi connectivity index (χ0) is 18.4. The van der Waals surface area contributed by atoms with Crippen molar-refractivity contribution >= 4 is 17.2 Å². The molecule has 0 amide bonds. The van der Waals surface area contributed by atoms with Crippen molar-refractivity contribution in [2.75, 3.05) is 0 Å². The second kappa shape index (κ2) is 6.59. The third-order valence-electron chi connectivity index (χ3n) is 5.59. The molecular formula is C23H21ClN2O. The topological polar surface area (TPSA) is 29.6 Å². The molecular weight excluding hydrogens is 356 g/mol. The van der Waals surface area contributed by atoms with Gasteiger partial charge in [0, 0.05) is 28.9 Å². The van der Waals surface area contributed by atoms with E-state index in [1.807, 2.05) is 18.2 Å². The molecule has 4 aromatic rings. The summed E-state index contributed by atoms with van der Waals surface area (Å²) in [5.74, 6) is 0. The molecule has 1 aliphatic rings. The van der Waals surface area contributed by atoms with Crippen molar-refractivity contribution in [1.82, 2.24) is 8.97 Å². The number of rotatable bonds is 3. The van der Waals surface area contributed by atoms with Crippen LogP contribution in [0.3, 0.4) is 0 Å². The molecule has 4 heteroatoms. The minimum absolute atomic E-state index is 0.0113. The van der Waals surface area contributed by atoms with Crippen molar-refractivity contribution in [2.45, 2.75) is 32.4 Å². The van der Waals surface area contributed by atoms with Crippen LogP contribution in [0.15, 0.2) is 60.8 Å². The Morgan fingerprint density at radius 1 is 0.926 bits per heavy atom. The standard InChI is InChI=1S/C23H21ClN2O/c24-18-11-9-17(10-12-18)22-19-8-4-5-13-25-20(16-6-2-1-3-7-16)14-26(23(19)25)21(22)15-27/h1-3,6-7,9-12,14,27H,4-5,8,13,15H2. The van der Waals surface area contributed by atoms with Crippen LogP contribution in [-0.4, -0.2) is 14.1 Å². The van der Waals surface area contributed by atoms with Gasteiger partial charge in [0.15, 0.2) is 0 Å². The molecule has 0 bridgehead atoms. The second-order valence-electron chi connectivity index (χ2n) is 7.15. The summed E-state index contributed by atoms with van der Waals surface area (Å²) in [5, 5.41) is 11.0. The lowest BCUT2D eigenvalue weighted by Gasteiger charge is -2.09. The molecule has 0 saturated heterocycles. The van der Waals surface area contributed by atoms with Gasteiger partial charge in [0.25, 0.3) is 0 Å². The van der Waals surface area contributed by atoms with Crippen LogP contribution in [0.2, 0.25) is 5.02 Å². The van der Waals surface area contributed by atoms with E-state index in [0.717, 1.165) is 42.1 Å². The van der Waals surface area contributed by atoms with Crippen LogP contribution in [0.4, 0.5) is 0 Å². The van der Waals surface area contributed by atoms with Gasteiger partial charge in [-0.05, 0) is 42.5 Å². The van der Waals surface area contributed by atoms with Gasteiger partial charge < -0.3 is 14.1 Å². The molecule has 3 nitrogen and oxygen atoms in total. The van der Waals surface area contributed by atoms with Gasteiger partial charge in [0.2, 0.25) is 0 Å². The molecule has 1 aliphatic heterocycles. The fourth-order valence-corrected chi connectivity index (χ4v) is 4.53. The number of imidazole rings is 1. The quantitative estimate of drug-likeness (QED) is 0.498. The molecule has 1 N–H and O–H groups in total. The maximum Gasteiger partial charge on any atom is 0.121 e. The van der Waals surface area contributed by atoms with E-state index < -0.39 is 0 Å². The van der Waals surface area contributed by atoms with E-state index in [1.165, 1.54) is 28.0 Å². The first-order chi connectivity index (χ1) is 13.3. The largest absolute Gasteiger partial charge is 0.390 e. The Morgan fingerprint density at radius 2 is 1.70 bits per heavy atom. The van der Waals surface area contributed by atoms with Gasteiger partial charge in [-0.3, -0.25) is 0 Å². The van der Waals surface area contributed by atoms with Gasteiger partial charge in [-0.2, -0.15) is 0 Å². The Bertz CT molecular complexity index is 1110. The number of halogens is 1. The monoisotopic (exact) mass is 376 g/mol. The minimum atomic E-state index is 0.0113. The fraction of sp³-hybridized carbons (Fsp3) is 0.217. The van der Waals surface area contributed by atoms with Crippen molar-refractivity contribution in [3.05, 3.63) is 77.1 Å². The molecule has 0 aliphatic carbocycles. The summed E-state index contributed by atoms with van der Waals surface area (Å²) < 4.78 is 4.63. The molecule has 2 aromatic heterocycles. The normalized spacial score (nSPS) is 13.9. The van der Waals surface area contributed by atoms with Gasteiger partial charge in [0.1, 0.15) is 5.65 Å². The predicted molar refractivity (Wildman–Crippen MR) is 110 cm³/mol. The first-order valence-electron chi connectivity index (χ1n) is 9.45. The van der Waals surface area contributed by atoms with Crippen LogP contribution in [0, 0.1) is 0 Å². The predicted octanol–water partition coefficient (Wildman–Crippen LogP) is 5.56. The number of aliphatic hydroxyl groups is 1. The molecule has 0 radical (unpaired) electrons. The summed E-state index contributed by atoms with van der Waals surface area (Å²) in [5.41, 5.74) is 8.23. The van der Waals surface area contributed by atoms with E-state index in [9.17, 15) is 5.11 Å². The number of aryl methyl sites for hydroxylation is 2. The van der Waals surface area contributed by atoms with Crippen LogP contribution in [0.5, 0.6) is 0 Å². The maximum atomic E-state index is 10.2. The molecule has 3 heterocycles. The summed E-state index contributed by atoms with van der Waals surface area (Å²) in [6, 6.07) is 18.5. The Kier molecular flexibility index (Phi) is 4.07. The highest BCUT2D eigenvalue weighted by Gasteiger charge is 2.25. The SMILES string of the molecule is OCc1c(-c2ccc(Cl)cc2)c2c3n(c(-c4ccccc4)cn13)CCCC2. The summed E-state index contributed by atoms with van der Waals surface area (Å²) in [4.78, 5) is 0. The average Bonchev–Trinajstić information content (AvgIpc) is 3.12. The number of nitrogens with zero attached hydrogens (tertiary/aromatic N) is 2. The van der Waals surface area contributed by atoms with Crippen LogP contribution >= 0.6 is 11.6 Å². The van der Waals surface area contributed by atoms with Gasteiger partial charge in [-0.15, -0.1) is 0 Å². The molecule has 0 saturated carbocycles. The highest BCUT2D eigenvalue weighted by atomic mass is 35.5. The number of aliphatic hydroxyl groups excluding tert-OH is 1. The second-order valence-corrected chi connectivity index (χ2v) is 7.58. The maximum absolute atomic E-state index is 10.2. The van der Waals surface area contributed by atoms with Crippen molar-refractivity contribution in [1.29, 1.82) is 0 Å². The smallest absolute Gasteiger partial charge is 0.121 e. The Hall–Kier alpha value is -2.49. The van der Waals surface area contributed by atoms with Crippen molar-refractivity contribution < 1.29 is 5.11 Å². The number of hydrogen-bond donors (Lipinski definition) is 1. The third-order valence-corrected chi connectivity index (χ3v) is 5.84. The summed E-state index contributed by atoms with van der Waals surface area (Å²) >= 11 is 6.10. The van der Waals surface area contributed by atoms with E-state index in [0.29, 0.717) is 0 Å². The molecule has 5 rings (SSSR count). The van der Waals surface area contributed by atoms with Crippen molar-refractivity contribution in [3.63, 3.8) is 0 Å². The lowest BCUT2D eigenvalue weighted by Crippen LogP contribution is -1.98. The van der Waals surface area contributed by atoms with Crippen LogP contribution in [-0.2, 0) is 19.6 Å².